The molecular weight excluding hydrogens is 220 g/mol. The lowest BCUT2D eigenvalue weighted by Crippen LogP contribution is -1.91. The van der Waals surface area contributed by atoms with Crippen molar-refractivity contribution in [3.8, 4) is 11.3 Å². The summed E-state index contributed by atoms with van der Waals surface area (Å²) in [7, 11) is 0. The molecule has 1 aromatic carbocycles. The second kappa shape index (κ2) is 4.58. The lowest BCUT2D eigenvalue weighted by molar-refractivity contribution is 0.108. The molecule has 1 aromatic heterocycles. The first-order chi connectivity index (χ1) is 7.72. The molecule has 0 bridgehead atoms. The van der Waals surface area contributed by atoms with E-state index in [1.165, 1.54) is 11.8 Å². The van der Waals surface area contributed by atoms with Crippen LogP contribution in [0.15, 0.2) is 40.8 Å². The molecule has 16 heavy (non-hydrogen) atoms. The molecule has 2 aromatic rings. The molecule has 0 fully saturated rings. The quantitative estimate of drug-likeness (QED) is 0.789. The lowest BCUT2D eigenvalue weighted by atomic mass is 10.1. The van der Waals surface area contributed by atoms with E-state index in [1.807, 2.05) is 37.3 Å². The van der Waals surface area contributed by atoms with E-state index in [0.29, 0.717) is 11.3 Å². The molecule has 82 valence electrons. The summed E-state index contributed by atoms with van der Waals surface area (Å²) in [5.41, 5.74) is 1.59. The van der Waals surface area contributed by atoms with E-state index in [-0.39, 0.29) is 5.12 Å². The first-order valence-corrected chi connectivity index (χ1v) is 6.19. The number of carbonyl (C=O) groups excluding carboxylic acids is 1. The maximum absolute atomic E-state index is 11.7. The van der Waals surface area contributed by atoms with E-state index in [2.05, 4.69) is 0 Å². The van der Waals surface area contributed by atoms with Crippen molar-refractivity contribution in [1.82, 2.24) is 0 Å². The van der Waals surface area contributed by atoms with Crippen molar-refractivity contribution >= 4 is 16.9 Å². The highest BCUT2D eigenvalue weighted by atomic mass is 32.2. The largest absolute Gasteiger partial charge is 0.461 e. The molecule has 0 saturated carbocycles. The molecule has 0 unspecified atom stereocenters. The Kier molecular flexibility index (Phi) is 3.15. The van der Waals surface area contributed by atoms with Crippen LogP contribution >= 0.6 is 11.8 Å². The standard InChI is InChI=1S/C13H12O2S/c1-9-8-11(13(14)16-2)12(15-9)10-6-4-3-5-7-10/h3-8H,1-2H3. The zero-order valence-electron chi connectivity index (χ0n) is 9.19. The van der Waals surface area contributed by atoms with Crippen molar-refractivity contribution in [3.63, 3.8) is 0 Å². The van der Waals surface area contributed by atoms with Crippen molar-refractivity contribution in [2.24, 2.45) is 0 Å². The minimum absolute atomic E-state index is 0.0377. The van der Waals surface area contributed by atoms with Crippen LogP contribution in [0.2, 0.25) is 0 Å². The SMILES string of the molecule is CSC(=O)c1cc(C)oc1-c1ccccc1. The molecule has 2 nitrogen and oxygen atoms in total. The predicted octanol–water partition coefficient (Wildman–Crippen LogP) is 3.76. The maximum atomic E-state index is 11.7. The maximum Gasteiger partial charge on any atom is 0.222 e. The topological polar surface area (TPSA) is 30.2 Å². The van der Waals surface area contributed by atoms with Crippen molar-refractivity contribution in [2.75, 3.05) is 6.26 Å². The number of benzene rings is 1. The number of rotatable bonds is 2. The summed E-state index contributed by atoms with van der Waals surface area (Å²) in [6.45, 7) is 1.85. The number of furan rings is 1. The van der Waals surface area contributed by atoms with Gasteiger partial charge in [0.2, 0.25) is 5.12 Å². The summed E-state index contributed by atoms with van der Waals surface area (Å²) in [6, 6.07) is 11.5. The lowest BCUT2D eigenvalue weighted by Gasteiger charge is -1.99. The van der Waals surface area contributed by atoms with Crippen LogP contribution < -0.4 is 0 Å². The van der Waals surface area contributed by atoms with Crippen molar-refractivity contribution in [1.29, 1.82) is 0 Å². The Morgan fingerprint density at radius 3 is 2.56 bits per heavy atom. The van der Waals surface area contributed by atoms with Crippen LogP contribution in [0.5, 0.6) is 0 Å². The molecule has 1 heterocycles. The summed E-state index contributed by atoms with van der Waals surface area (Å²) in [6.07, 6.45) is 1.78. The van der Waals surface area contributed by atoms with Gasteiger partial charge in [0.25, 0.3) is 0 Å². The Labute approximate surface area is 98.7 Å². The fourth-order valence-corrected chi connectivity index (χ4v) is 1.95. The van der Waals surface area contributed by atoms with E-state index in [9.17, 15) is 4.79 Å². The summed E-state index contributed by atoms with van der Waals surface area (Å²) >= 11 is 1.20. The van der Waals surface area contributed by atoms with Gasteiger partial charge in [0.15, 0.2) is 0 Å². The van der Waals surface area contributed by atoms with Crippen molar-refractivity contribution < 1.29 is 9.21 Å². The van der Waals surface area contributed by atoms with Gasteiger partial charge in [0.1, 0.15) is 11.5 Å². The zero-order valence-corrected chi connectivity index (χ0v) is 10.0. The average molecular weight is 232 g/mol. The van der Waals surface area contributed by atoms with Gasteiger partial charge in [-0.1, -0.05) is 42.1 Å². The van der Waals surface area contributed by atoms with Gasteiger partial charge in [-0.05, 0) is 19.2 Å². The highest BCUT2D eigenvalue weighted by molar-refractivity contribution is 8.13. The Morgan fingerprint density at radius 2 is 1.94 bits per heavy atom. The normalized spacial score (nSPS) is 10.4. The van der Waals surface area contributed by atoms with Gasteiger partial charge in [0.05, 0.1) is 5.56 Å². The Morgan fingerprint density at radius 1 is 1.25 bits per heavy atom. The molecule has 0 atom stereocenters. The van der Waals surface area contributed by atoms with Gasteiger partial charge < -0.3 is 4.42 Å². The Balaban J connectivity index is 2.53. The molecule has 0 radical (unpaired) electrons. The molecule has 0 aliphatic heterocycles. The Hall–Kier alpha value is -1.48. The summed E-state index contributed by atoms with van der Waals surface area (Å²) in [5.74, 6) is 1.42. The zero-order chi connectivity index (χ0) is 11.5. The molecule has 0 spiro atoms. The van der Waals surface area contributed by atoms with E-state index < -0.39 is 0 Å². The highest BCUT2D eigenvalue weighted by Crippen LogP contribution is 2.29. The van der Waals surface area contributed by atoms with Gasteiger partial charge in [-0.15, -0.1) is 0 Å². The van der Waals surface area contributed by atoms with Gasteiger partial charge in [-0.25, -0.2) is 0 Å². The number of carbonyl (C=O) groups is 1. The molecule has 0 aliphatic rings. The number of hydrogen-bond acceptors (Lipinski definition) is 3. The number of hydrogen-bond donors (Lipinski definition) is 0. The van der Waals surface area contributed by atoms with Crippen LogP contribution in [0.25, 0.3) is 11.3 Å². The fraction of sp³-hybridized carbons (Fsp3) is 0.154. The van der Waals surface area contributed by atoms with Crippen LogP contribution in [0.1, 0.15) is 16.1 Å². The van der Waals surface area contributed by atoms with Crippen LogP contribution in [-0.4, -0.2) is 11.4 Å². The van der Waals surface area contributed by atoms with E-state index in [4.69, 9.17) is 4.42 Å². The van der Waals surface area contributed by atoms with Crippen LogP contribution in [0.3, 0.4) is 0 Å². The monoisotopic (exact) mass is 232 g/mol. The van der Waals surface area contributed by atoms with Crippen LogP contribution in [-0.2, 0) is 0 Å². The van der Waals surface area contributed by atoms with Crippen LogP contribution in [0.4, 0.5) is 0 Å². The minimum Gasteiger partial charge on any atom is -0.461 e. The van der Waals surface area contributed by atoms with Gasteiger partial charge in [0, 0.05) is 5.56 Å². The predicted molar refractivity (Wildman–Crippen MR) is 66.7 cm³/mol. The third kappa shape index (κ3) is 2.04. The summed E-state index contributed by atoms with van der Waals surface area (Å²) in [4.78, 5) is 11.7. The molecular formula is C13H12O2S. The molecule has 0 aliphatic carbocycles. The second-order valence-corrected chi connectivity index (χ2v) is 4.24. The van der Waals surface area contributed by atoms with Gasteiger partial charge in [-0.3, -0.25) is 4.79 Å². The molecule has 0 saturated heterocycles. The second-order valence-electron chi connectivity index (χ2n) is 3.46. The van der Waals surface area contributed by atoms with E-state index in [0.717, 1.165) is 11.3 Å². The number of aryl methyl sites for hydroxylation is 1. The fourth-order valence-electron chi connectivity index (χ4n) is 1.58. The van der Waals surface area contributed by atoms with Gasteiger partial charge >= 0.3 is 0 Å². The van der Waals surface area contributed by atoms with Gasteiger partial charge in [-0.2, -0.15) is 0 Å². The third-order valence-electron chi connectivity index (χ3n) is 2.30. The molecule has 3 heteroatoms. The number of thioether (sulfide) groups is 1. The summed E-state index contributed by atoms with van der Waals surface area (Å²) < 4.78 is 5.59. The van der Waals surface area contributed by atoms with Crippen molar-refractivity contribution in [2.45, 2.75) is 6.92 Å². The van der Waals surface area contributed by atoms with Crippen molar-refractivity contribution in [3.05, 3.63) is 47.7 Å². The highest BCUT2D eigenvalue weighted by Gasteiger charge is 2.16. The first-order valence-electron chi connectivity index (χ1n) is 4.96. The third-order valence-corrected chi connectivity index (χ3v) is 2.89. The molecule has 0 N–H and O–H groups in total. The van der Waals surface area contributed by atoms with Crippen LogP contribution in [0, 0.1) is 6.92 Å². The smallest absolute Gasteiger partial charge is 0.222 e. The Bertz CT molecular complexity index is 500. The van der Waals surface area contributed by atoms with E-state index >= 15 is 0 Å². The van der Waals surface area contributed by atoms with E-state index in [1.54, 1.807) is 12.3 Å². The molecule has 0 amide bonds. The summed E-state index contributed by atoms with van der Waals surface area (Å²) in [5, 5.41) is 0.0377. The minimum atomic E-state index is 0.0377. The first kappa shape index (κ1) is 11.0. The molecule has 2 rings (SSSR count). The average Bonchev–Trinajstić information content (AvgIpc) is 2.71.